The zero-order chi connectivity index (χ0) is 19.1. The molecule has 0 unspecified atom stereocenters. The van der Waals surface area contributed by atoms with Crippen molar-refractivity contribution >= 4 is 22.7 Å². The molecule has 2 amide bonds. The Bertz CT molecular complexity index is 908. The summed E-state index contributed by atoms with van der Waals surface area (Å²) >= 11 is 0. The summed E-state index contributed by atoms with van der Waals surface area (Å²) in [7, 11) is 0. The molecule has 0 spiro atoms. The number of amides is 2. The van der Waals surface area contributed by atoms with E-state index in [4.69, 9.17) is 4.98 Å². The summed E-state index contributed by atoms with van der Waals surface area (Å²) in [5.74, 6) is 0.175. The Morgan fingerprint density at radius 2 is 2.04 bits per heavy atom. The predicted octanol–water partition coefficient (Wildman–Crippen LogP) is 3.32. The molecule has 1 aromatic carbocycles. The highest BCUT2D eigenvalue weighted by Crippen LogP contribution is 2.30. The van der Waals surface area contributed by atoms with Crippen LogP contribution >= 0.6 is 0 Å². The lowest BCUT2D eigenvalue weighted by atomic mass is 9.94. The van der Waals surface area contributed by atoms with Gasteiger partial charge in [-0.05, 0) is 44.7 Å². The fourth-order valence-corrected chi connectivity index (χ4v) is 4.57. The Morgan fingerprint density at radius 3 is 2.81 bits per heavy atom. The highest BCUT2D eigenvalue weighted by molar-refractivity contribution is 5.99. The molecule has 5 nitrogen and oxygen atoms in total. The van der Waals surface area contributed by atoms with E-state index >= 15 is 0 Å². The van der Waals surface area contributed by atoms with Gasteiger partial charge in [-0.3, -0.25) is 14.6 Å². The van der Waals surface area contributed by atoms with E-state index in [2.05, 4.69) is 6.92 Å². The number of aryl methyl sites for hydroxylation is 2. The molecule has 3 aliphatic rings. The van der Waals surface area contributed by atoms with Gasteiger partial charge in [-0.25, -0.2) is 0 Å². The van der Waals surface area contributed by atoms with Crippen LogP contribution in [-0.2, 0) is 4.79 Å². The van der Waals surface area contributed by atoms with Crippen LogP contribution in [0.5, 0.6) is 0 Å². The maximum atomic E-state index is 13.3. The number of benzene rings is 1. The second-order valence-corrected chi connectivity index (χ2v) is 7.94. The van der Waals surface area contributed by atoms with Crippen molar-refractivity contribution in [3.63, 3.8) is 0 Å². The van der Waals surface area contributed by atoms with Crippen molar-refractivity contribution in [3.8, 4) is 0 Å². The molecule has 4 heterocycles. The third-order valence-corrected chi connectivity index (χ3v) is 6.01. The van der Waals surface area contributed by atoms with Crippen LogP contribution in [0, 0.1) is 19.8 Å². The number of carbonyl (C=O) groups excluding carboxylic acids is 2. The molecular formula is C22H27N3O2. The van der Waals surface area contributed by atoms with Crippen molar-refractivity contribution < 1.29 is 9.59 Å². The van der Waals surface area contributed by atoms with E-state index in [-0.39, 0.29) is 23.8 Å². The van der Waals surface area contributed by atoms with Gasteiger partial charge < -0.3 is 9.80 Å². The topological polar surface area (TPSA) is 53.5 Å². The highest BCUT2D eigenvalue weighted by atomic mass is 16.2. The molecular weight excluding hydrogens is 338 g/mol. The van der Waals surface area contributed by atoms with Crippen molar-refractivity contribution in [1.29, 1.82) is 0 Å². The lowest BCUT2D eigenvalue weighted by Crippen LogP contribution is -2.48. The van der Waals surface area contributed by atoms with E-state index in [1.54, 1.807) is 0 Å². The van der Waals surface area contributed by atoms with Crippen molar-refractivity contribution in [2.75, 3.05) is 19.6 Å². The Kier molecular flexibility index (Phi) is 4.62. The molecule has 5 heteroatoms. The third kappa shape index (κ3) is 3.09. The number of hydrogen-bond acceptors (Lipinski definition) is 3. The SMILES string of the molecule is CCCN1C(=O)[C@H]2CC[C@@H]1CN(C(=O)c1cc3cccc(C)c3nc1C)C2. The van der Waals surface area contributed by atoms with Gasteiger partial charge in [0.2, 0.25) is 5.91 Å². The maximum Gasteiger partial charge on any atom is 0.255 e. The van der Waals surface area contributed by atoms with Crippen LogP contribution in [-0.4, -0.2) is 52.3 Å². The molecule has 2 aromatic rings. The van der Waals surface area contributed by atoms with Crippen molar-refractivity contribution in [1.82, 2.24) is 14.8 Å². The van der Waals surface area contributed by atoms with Crippen LogP contribution in [0.4, 0.5) is 0 Å². The first-order valence-corrected chi connectivity index (χ1v) is 9.96. The number of hydrogen-bond donors (Lipinski definition) is 0. The maximum absolute atomic E-state index is 13.3. The number of rotatable bonds is 3. The molecule has 2 bridgehead atoms. The smallest absolute Gasteiger partial charge is 0.255 e. The minimum absolute atomic E-state index is 0.00598. The summed E-state index contributed by atoms with van der Waals surface area (Å²) in [4.78, 5) is 34.7. The number of para-hydroxylation sites is 1. The lowest BCUT2D eigenvalue weighted by molar-refractivity contribution is -0.139. The molecule has 3 saturated heterocycles. The Balaban J connectivity index is 1.66. The van der Waals surface area contributed by atoms with Gasteiger partial charge in [0.25, 0.3) is 5.91 Å². The zero-order valence-electron chi connectivity index (χ0n) is 16.4. The number of pyridine rings is 1. The van der Waals surface area contributed by atoms with Crippen LogP contribution in [0.2, 0.25) is 0 Å². The lowest BCUT2D eigenvalue weighted by Gasteiger charge is -2.35. The quantitative estimate of drug-likeness (QED) is 0.838. The van der Waals surface area contributed by atoms with E-state index in [0.717, 1.165) is 48.0 Å². The van der Waals surface area contributed by atoms with Gasteiger partial charge >= 0.3 is 0 Å². The van der Waals surface area contributed by atoms with Gasteiger partial charge in [-0.15, -0.1) is 0 Å². The number of piperidine rings is 1. The van der Waals surface area contributed by atoms with E-state index < -0.39 is 0 Å². The van der Waals surface area contributed by atoms with Crippen LogP contribution in [0.25, 0.3) is 10.9 Å². The summed E-state index contributed by atoms with van der Waals surface area (Å²) in [5, 5.41) is 0.991. The molecule has 5 rings (SSSR count). The first kappa shape index (κ1) is 18.0. The average Bonchev–Trinajstić information content (AvgIpc) is 2.94. The van der Waals surface area contributed by atoms with Crippen LogP contribution in [0.15, 0.2) is 24.3 Å². The van der Waals surface area contributed by atoms with Crippen LogP contribution in [0.3, 0.4) is 0 Å². The standard InChI is InChI=1S/C22H27N3O2/c1-4-10-25-18-9-8-17(21(25)26)12-24(13-18)22(27)19-11-16-7-5-6-14(2)20(16)23-15(19)3/h5-7,11,17-18H,4,8-10,12-13H2,1-3H3/t17-,18+/m0/s1. The van der Waals surface area contributed by atoms with Crippen molar-refractivity contribution in [3.05, 3.63) is 41.1 Å². The number of fused-ring (bicyclic) bond motifs is 5. The summed E-state index contributed by atoms with van der Waals surface area (Å²) in [6, 6.07) is 8.15. The van der Waals surface area contributed by atoms with Gasteiger partial charge in [0.15, 0.2) is 0 Å². The normalized spacial score (nSPS) is 22.4. The highest BCUT2D eigenvalue weighted by Gasteiger charge is 2.41. The predicted molar refractivity (Wildman–Crippen MR) is 106 cm³/mol. The van der Waals surface area contributed by atoms with Crippen LogP contribution < -0.4 is 0 Å². The van der Waals surface area contributed by atoms with Gasteiger partial charge in [-0.2, -0.15) is 0 Å². The minimum atomic E-state index is -0.0600. The number of aromatic nitrogens is 1. The summed E-state index contributed by atoms with van der Waals surface area (Å²) in [6.45, 7) is 7.99. The van der Waals surface area contributed by atoms with E-state index in [0.29, 0.717) is 18.7 Å². The Hall–Kier alpha value is -2.43. The van der Waals surface area contributed by atoms with E-state index in [1.165, 1.54) is 0 Å². The molecule has 0 saturated carbocycles. The molecule has 0 aliphatic carbocycles. The Labute approximate surface area is 160 Å². The molecule has 3 fully saturated rings. The second-order valence-electron chi connectivity index (χ2n) is 7.94. The molecule has 142 valence electrons. The molecule has 0 radical (unpaired) electrons. The minimum Gasteiger partial charge on any atom is -0.338 e. The fraction of sp³-hybridized carbons (Fsp3) is 0.500. The second kappa shape index (κ2) is 6.95. The summed E-state index contributed by atoms with van der Waals surface area (Å²) < 4.78 is 0. The molecule has 27 heavy (non-hydrogen) atoms. The molecule has 3 aliphatic heterocycles. The van der Waals surface area contributed by atoms with Crippen LogP contribution in [0.1, 0.15) is 47.8 Å². The van der Waals surface area contributed by atoms with E-state index in [9.17, 15) is 9.59 Å². The first-order valence-electron chi connectivity index (χ1n) is 9.96. The van der Waals surface area contributed by atoms with Gasteiger partial charge in [0.05, 0.1) is 22.7 Å². The molecule has 2 atom stereocenters. The summed E-state index contributed by atoms with van der Waals surface area (Å²) in [5.41, 5.74) is 3.48. The number of nitrogens with zero attached hydrogens (tertiary/aromatic N) is 3. The first-order chi connectivity index (χ1) is 13.0. The zero-order valence-corrected chi connectivity index (χ0v) is 16.4. The third-order valence-electron chi connectivity index (χ3n) is 6.01. The Morgan fingerprint density at radius 1 is 1.22 bits per heavy atom. The number of carbonyl (C=O) groups is 2. The fourth-order valence-electron chi connectivity index (χ4n) is 4.57. The molecule has 0 N–H and O–H groups in total. The van der Waals surface area contributed by atoms with Gasteiger partial charge in [0.1, 0.15) is 0 Å². The van der Waals surface area contributed by atoms with Crippen molar-refractivity contribution in [2.24, 2.45) is 5.92 Å². The summed E-state index contributed by atoms with van der Waals surface area (Å²) in [6.07, 6.45) is 2.84. The monoisotopic (exact) mass is 365 g/mol. The molecule has 1 aromatic heterocycles. The average molecular weight is 365 g/mol. The van der Waals surface area contributed by atoms with E-state index in [1.807, 2.05) is 47.9 Å². The van der Waals surface area contributed by atoms with Gasteiger partial charge in [0, 0.05) is 31.1 Å². The van der Waals surface area contributed by atoms with Gasteiger partial charge in [-0.1, -0.05) is 25.1 Å². The van der Waals surface area contributed by atoms with Crippen molar-refractivity contribution in [2.45, 2.75) is 46.1 Å². The largest absolute Gasteiger partial charge is 0.338 e.